The van der Waals surface area contributed by atoms with Gasteiger partial charge in [-0.05, 0) is 12.8 Å². The Morgan fingerprint density at radius 2 is 1.95 bits per heavy atom. The van der Waals surface area contributed by atoms with Gasteiger partial charge >= 0.3 is 0 Å². The summed E-state index contributed by atoms with van der Waals surface area (Å²) >= 11 is 0. The highest BCUT2D eigenvalue weighted by atomic mass is 16.5. The fraction of sp³-hybridized carbons (Fsp3) is 0.714. The van der Waals surface area contributed by atoms with Crippen LogP contribution >= 0.6 is 0 Å². The summed E-state index contributed by atoms with van der Waals surface area (Å²) in [6.45, 7) is 3.06. The lowest BCUT2D eigenvalue weighted by Gasteiger charge is -2.08. The first-order chi connectivity index (χ1) is 10.3. The molecule has 1 fully saturated rings. The van der Waals surface area contributed by atoms with Gasteiger partial charge in [0, 0.05) is 19.2 Å². The molecule has 7 heteroatoms. The van der Waals surface area contributed by atoms with Gasteiger partial charge in [0.1, 0.15) is 0 Å². The zero-order chi connectivity index (χ0) is 14.9. The van der Waals surface area contributed by atoms with Crippen LogP contribution in [-0.2, 0) is 20.8 Å². The number of nitrogens with one attached hydrogen (secondary N) is 1. The molecule has 7 nitrogen and oxygen atoms in total. The molecule has 0 atom stereocenters. The summed E-state index contributed by atoms with van der Waals surface area (Å²) in [4.78, 5) is 11.8. The Balaban J connectivity index is 1.60. The molecule has 0 amide bonds. The SMILES string of the molecule is COCCOCCOCCn1ncc(NC2CC2)cc1=O. The second-order valence-corrected chi connectivity index (χ2v) is 4.94. The summed E-state index contributed by atoms with van der Waals surface area (Å²) < 4.78 is 16.9. The third-order valence-electron chi connectivity index (χ3n) is 3.07. The van der Waals surface area contributed by atoms with Gasteiger partial charge in [-0.25, -0.2) is 4.68 Å². The molecule has 0 bridgehead atoms. The molecule has 0 radical (unpaired) electrons. The molecule has 118 valence electrons. The largest absolute Gasteiger partial charge is 0.382 e. The molecule has 1 aliphatic rings. The van der Waals surface area contributed by atoms with E-state index in [2.05, 4.69) is 10.4 Å². The molecule has 1 aromatic heterocycles. The molecule has 21 heavy (non-hydrogen) atoms. The maximum Gasteiger partial charge on any atom is 0.268 e. The normalized spacial score (nSPS) is 14.3. The number of nitrogens with zero attached hydrogens (tertiary/aromatic N) is 2. The van der Waals surface area contributed by atoms with Crippen LogP contribution < -0.4 is 10.9 Å². The lowest BCUT2D eigenvalue weighted by Crippen LogP contribution is -2.25. The average Bonchev–Trinajstić information content (AvgIpc) is 3.28. The molecular weight excluding hydrogens is 274 g/mol. The Kier molecular flexibility index (Phi) is 6.65. The predicted octanol–water partition coefficient (Wildman–Crippen LogP) is 0.497. The minimum atomic E-state index is -0.111. The Bertz CT molecular complexity index is 474. The number of ether oxygens (including phenoxy) is 3. The van der Waals surface area contributed by atoms with Crippen LogP contribution in [0.3, 0.4) is 0 Å². The first kappa shape index (κ1) is 15.9. The predicted molar refractivity (Wildman–Crippen MR) is 78.7 cm³/mol. The number of hydrogen-bond acceptors (Lipinski definition) is 6. The summed E-state index contributed by atoms with van der Waals surface area (Å²) in [6, 6.07) is 2.10. The molecule has 1 N–H and O–H groups in total. The monoisotopic (exact) mass is 297 g/mol. The van der Waals surface area contributed by atoms with Crippen molar-refractivity contribution in [3.63, 3.8) is 0 Å². The standard InChI is InChI=1S/C14H23N3O4/c1-19-6-7-21-9-8-20-5-4-17-14(18)10-13(11-15-17)16-12-2-3-12/h10-12,16H,2-9H2,1H3. The van der Waals surface area contributed by atoms with Gasteiger partial charge in [0.25, 0.3) is 5.56 Å². The van der Waals surface area contributed by atoms with Gasteiger partial charge in [0.15, 0.2) is 0 Å². The fourth-order valence-electron chi connectivity index (χ4n) is 1.76. The maximum atomic E-state index is 11.8. The second-order valence-electron chi connectivity index (χ2n) is 4.94. The molecule has 0 spiro atoms. The summed E-state index contributed by atoms with van der Waals surface area (Å²) in [5, 5.41) is 7.38. The molecule has 0 aromatic carbocycles. The minimum absolute atomic E-state index is 0.111. The molecule has 2 rings (SSSR count). The highest BCUT2D eigenvalue weighted by Gasteiger charge is 2.20. The third kappa shape index (κ3) is 6.24. The van der Waals surface area contributed by atoms with Crippen molar-refractivity contribution in [3.8, 4) is 0 Å². The van der Waals surface area contributed by atoms with Gasteiger partial charge in [-0.1, -0.05) is 0 Å². The smallest absolute Gasteiger partial charge is 0.268 e. The molecule has 1 aliphatic carbocycles. The molecule has 0 unspecified atom stereocenters. The summed E-state index contributed by atoms with van der Waals surface area (Å²) in [5.41, 5.74) is 0.687. The van der Waals surface area contributed by atoms with E-state index >= 15 is 0 Å². The molecule has 0 saturated heterocycles. The summed E-state index contributed by atoms with van der Waals surface area (Å²) in [7, 11) is 1.63. The van der Waals surface area contributed by atoms with Gasteiger partial charge in [0.2, 0.25) is 0 Å². The van der Waals surface area contributed by atoms with Gasteiger partial charge in [-0.3, -0.25) is 4.79 Å². The highest BCUT2D eigenvalue weighted by molar-refractivity contribution is 5.41. The lowest BCUT2D eigenvalue weighted by atomic mass is 10.4. The van der Waals surface area contributed by atoms with E-state index < -0.39 is 0 Å². The zero-order valence-corrected chi connectivity index (χ0v) is 12.4. The first-order valence-electron chi connectivity index (χ1n) is 7.27. The third-order valence-corrected chi connectivity index (χ3v) is 3.07. The van der Waals surface area contributed by atoms with Gasteiger partial charge in [-0.15, -0.1) is 0 Å². The Hall–Kier alpha value is -1.44. The van der Waals surface area contributed by atoms with Crippen LogP contribution in [0.4, 0.5) is 5.69 Å². The first-order valence-corrected chi connectivity index (χ1v) is 7.27. The lowest BCUT2D eigenvalue weighted by molar-refractivity contribution is 0.0223. The molecular formula is C14H23N3O4. The molecule has 1 saturated carbocycles. The van der Waals surface area contributed by atoms with Crippen LogP contribution in [0.2, 0.25) is 0 Å². The van der Waals surface area contributed by atoms with E-state index in [0.29, 0.717) is 45.6 Å². The van der Waals surface area contributed by atoms with E-state index in [0.717, 1.165) is 5.69 Å². The number of anilines is 1. The van der Waals surface area contributed by atoms with E-state index in [1.165, 1.54) is 17.5 Å². The van der Waals surface area contributed by atoms with Crippen molar-refractivity contribution in [2.24, 2.45) is 0 Å². The second kappa shape index (κ2) is 8.76. The van der Waals surface area contributed by atoms with E-state index in [-0.39, 0.29) is 5.56 Å². The Morgan fingerprint density at radius 1 is 1.24 bits per heavy atom. The van der Waals surface area contributed by atoms with E-state index in [9.17, 15) is 4.79 Å². The minimum Gasteiger partial charge on any atom is -0.382 e. The van der Waals surface area contributed by atoms with E-state index in [1.807, 2.05) is 0 Å². The Labute approximate surface area is 124 Å². The van der Waals surface area contributed by atoms with Gasteiger partial charge in [0.05, 0.1) is 51.5 Å². The molecule has 1 aromatic rings. The van der Waals surface area contributed by atoms with E-state index in [1.54, 1.807) is 19.4 Å². The number of rotatable bonds is 11. The van der Waals surface area contributed by atoms with Crippen LogP contribution in [0.25, 0.3) is 0 Å². The van der Waals surface area contributed by atoms with Gasteiger partial charge < -0.3 is 19.5 Å². The van der Waals surface area contributed by atoms with Crippen LogP contribution in [0.1, 0.15) is 12.8 Å². The number of aromatic nitrogens is 2. The number of methoxy groups -OCH3 is 1. The zero-order valence-electron chi connectivity index (χ0n) is 12.4. The summed E-state index contributed by atoms with van der Waals surface area (Å²) in [6.07, 6.45) is 4.03. The number of hydrogen-bond donors (Lipinski definition) is 1. The van der Waals surface area contributed by atoms with Crippen molar-refractivity contribution >= 4 is 5.69 Å². The van der Waals surface area contributed by atoms with Gasteiger partial charge in [-0.2, -0.15) is 5.10 Å². The highest BCUT2D eigenvalue weighted by Crippen LogP contribution is 2.23. The van der Waals surface area contributed by atoms with E-state index in [4.69, 9.17) is 14.2 Å². The summed E-state index contributed by atoms with van der Waals surface area (Å²) in [5.74, 6) is 0. The van der Waals surface area contributed by atoms with Crippen LogP contribution in [0, 0.1) is 0 Å². The maximum absolute atomic E-state index is 11.8. The molecule has 0 aliphatic heterocycles. The van der Waals surface area contributed by atoms with Crippen molar-refractivity contribution in [1.82, 2.24) is 9.78 Å². The van der Waals surface area contributed by atoms with Crippen molar-refractivity contribution in [2.45, 2.75) is 25.4 Å². The van der Waals surface area contributed by atoms with Crippen LogP contribution in [0.15, 0.2) is 17.1 Å². The van der Waals surface area contributed by atoms with Crippen LogP contribution in [-0.4, -0.2) is 56.0 Å². The van der Waals surface area contributed by atoms with Crippen molar-refractivity contribution in [3.05, 3.63) is 22.6 Å². The topological polar surface area (TPSA) is 74.6 Å². The quantitative estimate of drug-likeness (QED) is 0.599. The van der Waals surface area contributed by atoms with Crippen molar-refractivity contribution in [1.29, 1.82) is 0 Å². The molecule has 1 heterocycles. The van der Waals surface area contributed by atoms with Crippen molar-refractivity contribution in [2.75, 3.05) is 45.5 Å². The Morgan fingerprint density at radius 3 is 2.62 bits per heavy atom. The fourth-order valence-corrected chi connectivity index (χ4v) is 1.76. The van der Waals surface area contributed by atoms with Crippen LogP contribution in [0.5, 0.6) is 0 Å². The van der Waals surface area contributed by atoms with Crippen molar-refractivity contribution < 1.29 is 14.2 Å². The average molecular weight is 297 g/mol.